The Hall–Kier alpha value is -2.17. The van der Waals surface area contributed by atoms with Crippen molar-refractivity contribution in [3.8, 4) is 5.75 Å². The van der Waals surface area contributed by atoms with Crippen molar-refractivity contribution >= 4 is 21.9 Å². The molecule has 1 amide bonds. The largest absolute Gasteiger partial charge is 0.495 e. The quantitative estimate of drug-likeness (QED) is 0.629. The molecule has 1 saturated heterocycles. The van der Waals surface area contributed by atoms with Gasteiger partial charge in [-0.3, -0.25) is 4.79 Å². The average Bonchev–Trinajstić information content (AvgIpc) is 3.17. The van der Waals surface area contributed by atoms with Crippen LogP contribution in [0.2, 0.25) is 0 Å². The Morgan fingerprint density at radius 3 is 2.67 bits per heavy atom. The van der Waals surface area contributed by atoms with Gasteiger partial charge in [0.2, 0.25) is 10.0 Å². The molecule has 0 radical (unpaired) electrons. The van der Waals surface area contributed by atoms with E-state index in [2.05, 4.69) is 5.32 Å². The third kappa shape index (κ3) is 5.41. The van der Waals surface area contributed by atoms with Crippen molar-refractivity contribution in [1.82, 2.24) is 9.62 Å². The summed E-state index contributed by atoms with van der Waals surface area (Å²) in [6.07, 6.45) is 1.84. The second-order valence-electron chi connectivity index (χ2n) is 6.17. The molecule has 10 heteroatoms. The molecule has 0 aliphatic carbocycles. The minimum Gasteiger partial charge on any atom is -0.495 e. The van der Waals surface area contributed by atoms with Crippen LogP contribution in [0.15, 0.2) is 23.1 Å². The molecule has 2 rings (SSSR count). The summed E-state index contributed by atoms with van der Waals surface area (Å²) in [5.41, 5.74) is 0.00292. The van der Waals surface area contributed by atoms with Gasteiger partial charge in [0.1, 0.15) is 10.6 Å². The number of carbonyl (C=O) groups is 2. The molecule has 1 atom stereocenters. The smallest absolute Gasteiger partial charge is 0.338 e. The minimum atomic E-state index is -3.82. The fourth-order valence-corrected chi connectivity index (χ4v) is 3.58. The maximum Gasteiger partial charge on any atom is 0.338 e. The average molecular weight is 400 g/mol. The number of amides is 1. The fourth-order valence-electron chi connectivity index (χ4n) is 2.50. The monoisotopic (exact) mass is 400 g/mol. The van der Waals surface area contributed by atoms with Crippen molar-refractivity contribution in [2.75, 3.05) is 41.0 Å². The summed E-state index contributed by atoms with van der Waals surface area (Å²) in [5, 5.41) is 2.64. The number of benzene rings is 1. The Morgan fingerprint density at radius 2 is 2.07 bits per heavy atom. The third-order valence-electron chi connectivity index (χ3n) is 4.04. The van der Waals surface area contributed by atoms with Gasteiger partial charge in [-0.25, -0.2) is 17.5 Å². The maximum absolute atomic E-state index is 12.4. The zero-order chi connectivity index (χ0) is 20.0. The first-order valence-electron chi connectivity index (χ1n) is 8.41. The van der Waals surface area contributed by atoms with Crippen molar-refractivity contribution in [2.45, 2.75) is 23.8 Å². The van der Waals surface area contributed by atoms with Gasteiger partial charge < -0.3 is 19.5 Å². The van der Waals surface area contributed by atoms with E-state index in [-0.39, 0.29) is 22.3 Å². The number of rotatable bonds is 8. The number of sulfonamides is 1. The molecule has 1 aromatic rings. The third-order valence-corrected chi connectivity index (χ3v) is 5.88. The Labute approximate surface area is 158 Å². The molecule has 27 heavy (non-hydrogen) atoms. The first-order valence-corrected chi connectivity index (χ1v) is 9.85. The predicted octanol–water partition coefficient (Wildman–Crippen LogP) is 0.398. The van der Waals surface area contributed by atoms with Gasteiger partial charge in [0.05, 0.1) is 18.8 Å². The van der Waals surface area contributed by atoms with Gasteiger partial charge in [-0.15, -0.1) is 0 Å². The zero-order valence-corrected chi connectivity index (χ0v) is 16.4. The van der Waals surface area contributed by atoms with Crippen molar-refractivity contribution in [2.24, 2.45) is 0 Å². The molecule has 0 unspecified atom stereocenters. The van der Waals surface area contributed by atoms with Crippen molar-refractivity contribution in [3.63, 3.8) is 0 Å². The van der Waals surface area contributed by atoms with E-state index in [1.807, 2.05) is 0 Å². The lowest BCUT2D eigenvalue weighted by Gasteiger charge is -2.15. The molecule has 0 bridgehead atoms. The van der Waals surface area contributed by atoms with E-state index in [1.165, 1.54) is 39.4 Å². The molecule has 1 aromatic carbocycles. The first kappa shape index (κ1) is 21.1. The SMILES string of the molecule is COc1ccc(C(=O)OCC(=O)NC[C@H]2CCCO2)cc1S(=O)(=O)N(C)C. The van der Waals surface area contributed by atoms with Gasteiger partial charge in [0.15, 0.2) is 6.61 Å². The van der Waals surface area contributed by atoms with E-state index in [4.69, 9.17) is 14.2 Å². The number of carbonyl (C=O) groups excluding carboxylic acids is 2. The number of methoxy groups -OCH3 is 1. The predicted molar refractivity (Wildman–Crippen MR) is 96.1 cm³/mol. The van der Waals surface area contributed by atoms with E-state index >= 15 is 0 Å². The second kappa shape index (κ2) is 9.16. The van der Waals surface area contributed by atoms with E-state index in [0.717, 1.165) is 17.1 Å². The molecule has 0 aromatic heterocycles. The Kier molecular flexibility index (Phi) is 7.17. The highest BCUT2D eigenvalue weighted by molar-refractivity contribution is 7.89. The van der Waals surface area contributed by atoms with Crippen LogP contribution in [-0.2, 0) is 24.3 Å². The summed E-state index contributed by atoms with van der Waals surface area (Å²) in [6.45, 7) is 0.586. The summed E-state index contributed by atoms with van der Waals surface area (Å²) in [6, 6.07) is 3.91. The number of nitrogens with one attached hydrogen (secondary N) is 1. The lowest BCUT2D eigenvalue weighted by atomic mass is 10.2. The van der Waals surface area contributed by atoms with E-state index in [1.54, 1.807) is 0 Å². The van der Waals surface area contributed by atoms with Crippen molar-refractivity contribution < 1.29 is 32.2 Å². The molecule has 1 heterocycles. The summed E-state index contributed by atoms with van der Waals surface area (Å²) < 4.78 is 41.2. The number of hydrogen-bond acceptors (Lipinski definition) is 7. The summed E-state index contributed by atoms with van der Waals surface area (Å²) >= 11 is 0. The Balaban J connectivity index is 2.00. The van der Waals surface area contributed by atoms with E-state index < -0.39 is 28.5 Å². The molecule has 1 fully saturated rings. The van der Waals surface area contributed by atoms with Crippen LogP contribution in [0, 0.1) is 0 Å². The van der Waals surface area contributed by atoms with Gasteiger partial charge in [-0.05, 0) is 31.0 Å². The summed E-state index contributed by atoms with van der Waals surface area (Å²) in [7, 11) is 0.262. The number of nitrogens with zero attached hydrogens (tertiary/aromatic N) is 1. The molecule has 1 aliphatic rings. The second-order valence-corrected chi connectivity index (χ2v) is 8.29. The molecule has 0 spiro atoms. The number of ether oxygens (including phenoxy) is 3. The van der Waals surface area contributed by atoms with Crippen LogP contribution in [0.25, 0.3) is 0 Å². The summed E-state index contributed by atoms with van der Waals surface area (Å²) in [5.74, 6) is -1.15. The standard InChI is InChI=1S/C17H24N2O7S/c1-19(2)27(22,23)15-9-12(6-7-14(15)24-3)17(21)26-11-16(20)18-10-13-5-4-8-25-13/h6-7,9,13H,4-5,8,10-11H2,1-3H3,(H,18,20)/t13-/m1/s1. The van der Waals surface area contributed by atoms with Crippen LogP contribution in [0.5, 0.6) is 5.75 Å². The van der Waals surface area contributed by atoms with Crippen molar-refractivity contribution in [3.05, 3.63) is 23.8 Å². The van der Waals surface area contributed by atoms with Gasteiger partial charge in [0.25, 0.3) is 5.91 Å². The molecule has 9 nitrogen and oxygen atoms in total. The zero-order valence-electron chi connectivity index (χ0n) is 15.6. The highest BCUT2D eigenvalue weighted by atomic mass is 32.2. The van der Waals surface area contributed by atoms with Crippen LogP contribution in [0.1, 0.15) is 23.2 Å². The first-order chi connectivity index (χ1) is 12.8. The highest BCUT2D eigenvalue weighted by Crippen LogP contribution is 2.27. The lowest BCUT2D eigenvalue weighted by molar-refractivity contribution is -0.124. The van der Waals surface area contributed by atoms with Crippen LogP contribution in [-0.4, -0.2) is 71.7 Å². The van der Waals surface area contributed by atoms with Crippen LogP contribution < -0.4 is 10.1 Å². The summed E-state index contributed by atoms with van der Waals surface area (Å²) in [4.78, 5) is 23.8. The van der Waals surface area contributed by atoms with Crippen molar-refractivity contribution in [1.29, 1.82) is 0 Å². The maximum atomic E-state index is 12.4. The molecular weight excluding hydrogens is 376 g/mol. The minimum absolute atomic E-state index is 0.00292. The topological polar surface area (TPSA) is 111 Å². The van der Waals surface area contributed by atoms with Gasteiger partial charge in [-0.2, -0.15) is 0 Å². The number of hydrogen-bond donors (Lipinski definition) is 1. The van der Waals surface area contributed by atoms with E-state index in [0.29, 0.717) is 13.2 Å². The van der Waals surface area contributed by atoms with Crippen LogP contribution in [0.4, 0.5) is 0 Å². The highest BCUT2D eigenvalue weighted by Gasteiger charge is 2.24. The van der Waals surface area contributed by atoms with E-state index in [9.17, 15) is 18.0 Å². The van der Waals surface area contributed by atoms with Crippen LogP contribution in [0.3, 0.4) is 0 Å². The molecule has 0 saturated carbocycles. The molecular formula is C17H24N2O7S. The van der Waals surface area contributed by atoms with Gasteiger partial charge >= 0.3 is 5.97 Å². The lowest BCUT2D eigenvalue weighted by Crippen LogP contribution is -2.34. The Bertz CT molecular complexity index is 786. The van der Waals surface area contributed by atoms with Gasteiger partial charge in [-0.1, -0.05) is 0 Å². The molecule has 1 aliphatic heterocycles. The molecule has 150 valence electrons. The molecule has 1 N–H and O–H groups in total. The van der Waals surface area contributed by atoms with Crippen LogP contribution >= 0.6 is 0 Å². The number of esters is 1. The normalized spacial score (nSPS) is 17.0. The fraction of sp³-hybridized carbons (Fsp3) is 0.529. The van der Waals surface area contributed by atoms with Gasteiger partial charge in [0, 0.05) is 27.2 Å². The Morgan fingerprint density at radius 1 is 1.33 bits per heavy atom.